The van der Waals surface area contributed by atoms with Crippen molar-refractivity contribution in [2.45, 2.75) is 46.3 Å². The zero-order valence-electron chi connectivity index (χ0n) is 14.8. The summed E-state index contributed by atoms with van der Waals surface area (Å²) < 4.78 is 6.58. The van der Waals surface area contributed by atoms with E-state index in [-0.39, 0.29) is 5.72 Å². The number of rotatable bonds is 1. The predicted molar refractivity (Wildman–Crippen MR) is 91.6 cm³/mol. The van der Waals surface area contributed by atoms with Gasteiger partial charge in [-0.05, 0) is 51.4 Å². The van der Waals surface area contributed by atoms with Gasteiger partial charge >= 0.3 is 0 Å². The van der Waals surface area contributed by atoms with Crippen molar-refractivity contribution < 1.29 is 4.74 Å². The van der Waals surface area contributed by atoms with Crippen molar-refractivity contribution in [2.75, 3.05) is 39.0 Å². The molecule has 122 valence electrons. The molecule has 4 nitrogen and oxygen atoms in total. The van der Waals surface area contributed by atoms with Gasteiger partial charge in [0.15, 0.2) is 5.72 Å². The fourth-order valence-corrected chi connectivity index (χ4v) is 3.98. The van der Waals surface area contributed by atoms with Crippen molar-refractivity contribution >= 4 is 5.69 Å². The molecule has 22 heavy (non-hydrogen) atoms. The van der Waals surface area contributed by atoms with Gasteiger partial charge in [0.1, 0.15) is 5.75 Å². The fourth-order valence-electron chi connectivity index (χ4n) is 3.98. The van der Waals surface area contributed by atoms with E-state index in [4.69, 9.17) is 10.5 Å². The van der Waals surface area contributed by atoms with Crippen LogP contribution < -0.4 is 10.5 Å². The number of anilines is 1. The maximum atomic E-state index is 6.58. The van der Waals surface area contributed by atoms with Crippen molar-refractivity contribution in [1.29, 1.82) is 0 Å². The van der Waals surface area contributed by atoms with Crippen LogP contribution in [0, 0.1) is 20.8 Å². The molecule has 1 fully saturated rings. The summed E-state index contributed by atoms with van der Waals surface area (Å²) in [5, 5.41) is 0. The highest BCUT2D eigenvalue weighted by Crippen LogP contribution is 2.51. The van der Waals surface area contributed by atoms with Gasteiger partial charge in [0.2, 0.25) is 0 Å². The molecule has 4 heteroatoms. The standard InChI is InChI=1S/C18H29N3O/c1-11-12(2)17-15(13(3)16(11)19)14(4)18(5,22-17)21-9-7-20(6)8-10-21/h14H,7-10,19H2,1-6H3. The van der Waals surface area contributed by atoms with Gasteiger partial charge in [0.25, 0.3) is 0 Å². The summed E-state index contributed by atoms with van der Waals surface area (Å²) in [7, 11) is 2.19. The van der Waals surface area contributed by atoms with Gasteiger partial charge in [-0.15, -0.1) is 0 Å². The van der Waals surface area contributed by atoms with Gasteiger partial charge < -0.3 is 15.4 Å². The first-order chi connectivity index (χ1) is 10.3. The summed E-state index contributed by atoms with van der Waals surface area (Å²) in [4.78, 5) is 4.88. The van der Waals surface area contributed by atoms with Crippen molar-refractivity contribution in [3.63, 3.8) is 0 Å². The van der Waals surface area contributed by atoms with Gasteiger partial charge in [0, 0.05) is 43.3 Å². The number of hydrogen-bond donors (Lipinski definition) is 1. The zero-order valence-corrected chi connectivity index (χ0v) is 14.8. The summed E-state index contributed by atoms with van der Waals surface area (Å²) in [5.74, 6) is 1.39. The Morgan fingerprint density at radius 2 is 1.64 bits per heavy atom. The lowest BCUT2D eigenvalue weighted by Crippen LogP contribution is -2.58. The molecule has 1 aromatic carbocycles. The van der Waals surface area contributed by atoms with Crippen molar-refractivity contribution in [3.05, 3.63) is 22.3 Å². The molecule has 1 saturated heterocycles. The Morgan fingerprint density at radius 1 is 1.05 bits per heavy atom. The monoisotopic (exact) mass is 303 g/mol. The van der Waals surface area contributed by atoms with Gasteiger partial charge in [-0.1, -0.05) is 6.92 Å². The molecule has 0 amide bonds. The number of fused-ring (bicyclic) bond motifs is 1. The quantitative estimate of drug-likeness (QED) is 0.810. The van der Waals surface area contributed by atoms with E-state index in [1.165, 1.54) is 16.7 Å². The van der Waals surface area contributed by atoms with E-state index < -0.39 is 0 Å². The van der Waals surface area contributed by atoms with Gasteiger partial charge in [-0.3, -0.25) is 4.90 Å². The van der Waals surface area contributed by atoms with Crippen LogP contribution in [0.25, 0.3) is 0 Å². The topological polar surface area (TPSA) is 41.7 Å². The molecule has 2 N–H and O–H groups in total. The number of benzene rings is 1. The second kappa shape index (κ2) is 5.14. The third kappa shape index (κ3) is 2.04. The Morgan fingerprint density at radius 3 is 2.23 bits per heavy atom. The van der Waals surface area contributed by atoms with Crippen molar-refractivity contribution in [3.8, 4) is 5.75 Å². The highest BCUT2D eigenvalue weighted by Gasteiger charge is 2.48. The van der Waals surface area contributed by atoms with Gasteiger partial charge in [-0.2, -0.15) is 0 Å². The maximum absolute atomic E-state index is 6.58. The summed E-state index contributed by atoms with van der Waals surface area (Å²) in [5.41, 5.74) is 11.8. The lowest BCUT2D eigenvalue weighted by molar-refractivity contribution is -0.0871. The van der Waals surface area contributed by atoms with Crippen LogP contribution in [-0.4, -0.2) is 48.8 Å². The van der Waals surface area contributed by atoms with E-state index in [1.807, 2.05) is 0 Å². The number of ether oxygens (including phenoxy) is 1. The fraction of sp³-hybridized carbons (Fsp3) is 0.667. The smallest absolute Gasteiger partial charge is 0.167 e. The molecule has 2 aliphatic heterocycles. The summed E-state index contributed by atoms with van der Waals surface area (Å²) in [6, 6.07) is 0. The predicted octanol–water partition coefficient (Wildman–Crippen LogP) is 2.65. The Labute approximate surface area is 134 Å². The van der Waals surface area contributed by atoms with E-state index in [0.717, 1.165) is 43.2 Å². The summed E-state index contributed by atoms with van der Waals surface area (Å²) in [6.45, 7) is 15.2. The minimum absolute atomic E-state index is 0.265. The zero-order chi connectivity index (χ0) is 16.2. The summed E-state index contributed by atoms with van der Waals surface area (Å²) >= 11 is 0. The second-order valence-corrected chi connectivity index (χ2v) is 7.20. The third-order valence-corrected chi connectivity index (χ3v) is 6.04. The Kier molecular flexibility index (Phi) is 3.65. The molecular formula is C18H29N3O. The van der Waals surface area contributed by atoms with E-state index in [0.29, 0.717) is 5.92 Å². The van der Waals surface area contributed by atoms with Crippen LogP contribution in [-0.2, 0) is 0 Å². The molecule has 0 spiro atoms. The van der Waals surface area contributed by atoms with E-state index in [1.54, 1.807) is 0 Å². The first-order valence-corrected chi connectivity index (χ1v) is 8.29. The lowest BCUT2D eigenvalue weighted by Gasteiger charge is -2.44. The van der Waals surface area contributed by atoms with Crippen LogP contribution in [0.2, 0.25) is 0 Å². The Bertz CT molecular complexity index is 605. The SMILES string of the molecule is Cc1c(C)c2c(c(C)c1N)C(C)C(C)(N1CCN(C)CC1)O2. The molecule has 0 saturated carbocycles. The Hall–Kier alpha value is -1.26. The largest absolute Gasteiger partial charge is 0.472 e. The number of piperazine rings is 1. The molecule has 3 rings (SSSR count). The maximum Gasteiger partial charge on any atom is 0.167 e. The molecule has 2 heterocycles. The van der Waals surface area contributed by atoms with Crippen LogP contribution in [0.5, 0.6) is 5.75 Å². The van der Waals surface area contributed by atoms with Crippen LogP contribution in [0.1, 0.15) is 42.0 Å². The lowest BCUT2D eigenvalue weighted by atomic mass is 9.86. The van der Waals surface area contributed by atoms with E-state index >= 15 is 0 Å². The van der Waals surface area contributed by atoms with Gasteiger partial charge in [-0.25, -0.2) is 0 Å². The van der Waals surface area contributed by atoms with Crippen molar-refractivity contribution in [1.82, 2.24) is 9.80 Å². The molecule has 2 aliphatic rings. The Balaban J connectivity index is 2.02. The molecule has 0 radical (unpaired) electrons. The van der Waals surface area contributed by atoms with Crippen LogP contribution in [0.15, 0.2) is 0 Å². The van der Waals surface area contributed by atoms with Crippen LogP contribution in [0.4, 0.5) is 5.69 Å². The average Bonchev–Trinajstić information content (AvgIpc) is 2.77. The molecule has 0 bridgehead atoms. The third-order valence-electron chi connectivity index (χ3n) is 6.04. The molecule has 1 aromatic rings. The molecule has 2 unspecified atom stereocenters. The molecule has 0 aromatic heterocycles. The number of nitrogens with two attached hydrogens (primary N) is 1. The number of nitrogens with zero attached hydrogens (tertiary/aromatic N) is 2. The first kappa shape index (κ1) is 15.6. The highest BCUT2D eigenvalue weighted by atomic mass is 16.5. The second-order valence-electron chi connectivity index (χ2n) is 7.20. The number of hydrogen-bond acceptors (Lipinski definition) is 4. The number of nitrogen functional groups attached to an aromatic ring is 1. The van der Waals surface area contributed by atoms with Crippen LogP contribution >= 0.6 is 0 Å². The van der Waals surface area contributed by atoms with Crippen LogP contribution in [0.3, 0.4) is 0 Å². The minimum atomic E-state index is -0.265. The highest BCUT2D eigenvalue weighted by molar-refractivity contribution is 5.67. The number of likely N-dealkylation sites (N-methyl/N-ethyl adjacent to an activating group) is 1. The van der Waals surface area contributed by atoms with Crippen molar-refractivity contribution in [2.24, 2.45) is 0 Å². The van der Waals surface area contributed by atoms with E-state index in [9.17, 15) is 0 Å². The summed E-state index contributed by atoms with van der Waals surface area (Å²) in [6.07, 6.45) is 0. The molecular weight excluding hydrogens is 274 g/mol. The van der Waals surface area contributed by atoms with Gasteiger partial charge in [0.05, 0.1) is 0 Å². The minimum Gasteiger partial charge on any atom is -0.472 e. The first-order valence-electron chi connectivity index (χ1n) is 8.29. The average molecular weight is 303 g/mol. The molecule has 0 aliphatic carbocycles. The normalized spacial score (nSPS) is 29.5. The molecule has 2 atom stereocenters. The van der Waals surface area contributed by atoms with E-state index in [2.05, 4.69) is 51.5 Å².